The minimum atomic E-state index is -0.103. The third-order valence-electron chi connectivity index (χ3n) is 5.93. The third kappa shape index (κ3) is 4.31. The van der Waals surface area contributed by atoms with Gasteiger partial charge in [0.1, 0.15) is 17.9 Å². The Bertz CT molecular complexity index is 1050. The van der Waals surface area contributed by atoms with Crippen molar-refractivity contribution in [2.75, 3.05) is 26.2 Å². The van der Waals surface area contributed by atoms with Crippen molar-refractivity contribution in [1.82, 2.24) is 9.80 Å². The molecule has 1 aromatic heterocycles. The molecular weight excluding hydrogens is 392 g/mol. The van der Waals surface area contributed by atoms with Gasteiger partial charge in [-0.1, -0.05) is 24.3 Å². The highest BCUT2D eigenvalue weighted by Gasteiger charge is 2.25. The number of hydrogen-bond acceptors (Lipinski definition) is 5. The molecule has 2 aliphatic rings. The van der Waals surface area contributed by atoms with Crippen LogP contribution in [0.4, 0.5) is 0 Å². The zero-order valence-electron chi connectivity index (χ0n) is 18.0. The van der Waals surface area contributed by atoms with E-state index < -0.39 is 0 Å². The summed E-state index contributed by atoms with van der Waals surface area (Å²) in [5, 5.41) is 0.938. The Kier molecular flexibility index (Phi) is 5.42. The van der Waals surface area contributed by atoms with E-state index in [1.807, 2.05) is 41.3 Å². The lowest BCUT2D eigenvalue weighted by Crippen LogP contribution is -2.44. The lowest BCUT2D eigenvalue weighted by Gasteiger charge is -2.35. The summed E-state index contributed by atoms with van der Waals surface area (Å²) in [5.74, 6) is 1.12. The largest absolute Gasteiger partial charge is 0.491 e. The smallest absolute Gasteiger partial charge is 0.290 e. The standard InChI is InChI=1S/C25H28N2O4/c1-17-13-26(14-18(2)30-17)15-19-7-8-22-21(11-19)16-27(9-10-29-22)25(28)24-12-20-5-3-4-6-23(20)31-24/h3-8,11-12,17-18H,9-10,13-16H2,1-2H3/t17-,18+. The second-order valence-electron chi connectivity index (χ2n) is 8.62. The molecular formula is C25H28N2O4. The summed E-state index contributed by atoms with van der Waals surface area (Å²) >= 11 is 0. The van der Waals surface area contributed by atoms with E-state index in [0.29, 0.717) is 25.5 Å². The second kappa shape index (κ2) is 8.36. The Balaban J connectivity index is 1.34. The Hall–Kier alpha value is -2.83. The van der Waals surface area contributed by atoms with Crippen molar-refractivity contribution in [2.45, 2.75) is 39.1 Å². The van der Waals surface area contributed by atoms with Crippen LogP contribution in [0.25, 0.3) is 11.0 Å². The third-order valence-corrected chi connectivity index (χ3v) is 5.93. The van der Waals surface area contributed by atoms with Gasteiger partial charge in [-0.15, -0.1) is 0 Å². The molecule has 3 aromatic rings. The van der Waals surface area contributed by atoms with E-state index in [1.54, 1.807) is 0 Å². The van der Waals surface area contributed by atoms with Crippen molar-refractivity contribution in [3.8, 4) is 5.75 Å². The monoisotopic (exact) mass is 420 g/mol. The van der Waals surface area contributed by atoms with E-state index in [9.17, 15) is 4.79 Å². The molecule has 6 nitrogen and oxygen atoms in total. The summed E-state index contributed by atoms with van der Waals surface area (Å²) in [7, 11) is 0. The molecule has 2 aliphatic heterocycles. The summed E-state index contributed by atoms with van der Waals surface area (Å²) in [6, 6.07) is 15.8. The van der Waals surface area contributed by atoms with Crippen molar-refractivity contribution in [2.24, 2.45) is 0 Å². The molecule has 0 N–H and O–H groups in total. The van der Waals surface area contributed by atoms with Gasteiger partial charge in [-0.2, -0.15) is 0 Å². The molecule has 1 amide bonds. The summed E-state index contributed by atoms with van der Waals surface area (Å²) < 4.78 is 17.6. The first-order valence-electron chi connectivity index (χ1n) is 11.0. The van der Waals surface area contributed by atoms with Crippen molar-refractivity contribution < 1.29 is 18.7 Å². The van der Waals surface area contributed by atoms with Gasteiger partial charge in [0.05, 0.1) is 18.8 Å². The van der Waals surface area contributed by atoms with Crippen molar-refractivity contribution >= 4 is 16.9 Å². The average molecular weight is 421 g/mol. The first-order chi connectivity index (χ1) is 15.0. The number of hydrogen-bond donors (Lipinski definition) is 0. The lowest BCUT2D eigenvalue weighted by atomic mass is 10.1. The normalized spacial score (nSPS) is 22.1. The van der Waals surface area contributed by atoms with E-state index in [4.69, 9.17) is 13.9 Å². The first kappa shape index (κ1) is 20.1. The summed E-state index contributed by atoms with van der Waals surface area (Å²) in [6.45, 7) is 8.46. The van der Waals surface area contributed by atoms with Crippen LogP contribution in [-0.2, 0) is 17.8 Å². The van der Waals surface area contributed by atoms with E-state index in [-0.39, 0.29) is 18.1 Å². The van der Waals surface area contributed by atoms with Gasteiger partial charge in [0.2, 0.25) is 0 Å². The molecule has 2 atom stereocenters. The topological polar surface area (TPSA) is 55.2 Å². The Labute approximate surface area is 182 Å². The van der Waals surface area contributed by atoms with Gasteiger partial charge >= 0.3 is 0 Å². The van der Waals surface area contributed by atoms with Gasteiger partial charge < -0.3 is 18.8 Å². The molecule has 0 saturated carbocycles. The molecule has 0 aliphatic carbocycles. The van der Waals surface area contributed by atoms with Crippen LogP contribution in [0.1, 0.15) is 35.5 Å². The van der Waals surface area contributed by atoms with Crippen LogP contribution in [0.2, 0.25) is 0 Å². The number of fused-ring (bicyclic) bond motifs is 2. The van der Waals surface area contributed by atoms with Gasteiger partial charge in [0.15, 0.2) is 5.76 Å². The zero-order chi connectivity index (χ0) is 21.4. The predicted octanol–water partition coefficient (Wildman–Crippen LogP) is 4.08. The van der Waals surface area contributed by atoms with E-state index in [2.05, 4.69) is 30.9 Å². The molecule has 0 unspecified atom stereocenters. The number of furan rings is 1. The van der Waals surface area contributed by atoms with Gasteiger partial charge in [0, 0.05) is 37.1 Å². The maximum atomic E-state index is 13.2. The lowest BCUT2D eigenvalue weighted by molar-refractivity contribution is -0.0705. The van der Waals surface area contributed by atoms with Gasteiger partial charge in [0.25, 0.3) is 5.91 Å². The van der Waals surface area contributed by atoms with Crippen LogP contribution in [0.3, 0.4) is 0 Å². The predicted molar refractivity (Wildman–Crippen MR) is 118 cm³/mol. The molecule has 6 heteroatoms. The fourth-order valence-corrected chi connectivity index (χ4v) is 4.63. The molecule has 1 saturated heterocycles. The van der Waals surface area contributed by atoms with E-state index >= 15 is 0 Å². The highest BCUT2D eigenvalue weighted by molar-refractivity contribution is 5.96. The van der Waals surface area contributed by atoms with Gasteiger partial charge in [-0.3, -0.25) is 9.69 Å². The Morgan fingerprint density at radius 1 is 1.06 bits per heavy atom. The molecule has 31 heavy (non-hydrogen) atoms. The van der Waals surface area contributed by atoms with Crippen LogP contribution in [-0.4, -0.2) is 54.2 Å². The van der Waals surface area contributed by atoms with Crippen LogP contribution in [0, 0.1) is 0 Å². The van der Waals surface area contributed by atoms with Crippen LogP contribution < -0.4 is 4.74 Å². The second-order valence-corrected chi connectivity index (χ2v) is 8.62. The summed E-state index contributed by atoms with van der Waals surface area (Å²) in [6.07, 6.45) is 0.481. The molecule has 3 heterocycles. The van der Waals surface area contributed by atoms with Crippen molar-refractivity contribution in [3.63, 3.8) is 0 Å². The number of rotatable bonds is 3. The number of benzene rings is 2. The fourth-order valence-electron chi connectivity index (χ4n) is 4.63. The molecule has 2 aromatic carbocycles. The van der Waals surface area contributed by atoms with Gasteiger partial charge in [-0.25, -0.2) is 0 Å². The highest BCUT2D eigenvalue weighted by Crippen LogP contribution is 2.27. The highest BCUT2D eigenvalue weighted by atomic mass is 16.5. The molecule has 0 spiro atoms. The number of ether oxygens (including phenoxy) is 2. The van der Waals surface area contributed by atoms with Crippen molar-refractivity contribution in [3.05, 3.63) is 65.4 Å². The van der Waals surface area contributed by atoms with Gasteiger partial charge in [-0.05, 0) is 43.7 Å². The number of amides is 1. The molecule has 162 valence electrons. The first-order valence-corrected chi connectivity index (χ1v) is 11.0. The fraction of sp³-hybridized carbons (Fsp3) is 0.400. The molecule has 5 rings (SSSR count). The Morgan fingerprint density at radius 3 is 2.68 bits per heavy atom. The number of carbonyl (C=O) groups excluding carboxylic acids is 1. The molecule has 0 radical (unpaired) electrons. The minimum Gasteiger partial charge on any atom is -0.491 e. The Morgan fingerprint density at radius 2 is 1.87 bits per heavy atom. The molecule has 1 fully saturated rings. The quantitative estimate of drug-likeness (QED) is 0.639. The van der Waals surface area contributed by atoms with E-state index in [0.717, 1.165) is 41.9 Å². The minimum absolute atomic E-state index is 0.103. The average Bonchev–Trinajstić information content (AvgIpc) is 3.06. The van der Waals surface area contributed by atoms with Crippen LogP contribution >= 0.6 is 0 Å². The molecule has 0 bridgehead atoms. The SMILES string of the molecule is C[C@@H]1CN(Cc2ccc3c(c2)CN(C(=O)c2cc4ccccc4o2)CCO3)C[C@H](C)O1. The van der Waals surface area contributed by atoms with Crippen LogP contribution in [0.5, 0.6) is 5.75 Å². The maximum Gasteiger partial charge on any atom is 0.290 e. The number of para-hydroxylation sites is 1. The summed E-state index contributed by atoms with van der Waals surface area (Å²) in [5.41, 5.74) is 2.99. The number of nitrogens with zero attached hydrogens (tertiary/aromatic N) is 2. The number of morpholine rings is 1. The zero-order valence-corrected chi connectivity index (χ0v) is 18.0. The number of carbonyl (C=O) groups is 1. The summed E-state index contributed by atoms with van der Waals surface area (Å²) in [4.78, 5) is 17.4. The van der Waals surface area contributed by atoms with Crippen molar-refractivity contribution in [1.29, 1.82) is 0 Å². The van der Waals surface area contributed by atoms with Crippen LogP contribution in [0.15, 0.2) is 52.9 Å². The van der Waals surface area contributed by atoms with E-state index in [1.165, 1.54) is 5.56 Å². The maximum absolute atomic E-state index is 13.2.